The second-order valence-corrected chi connectivity index (χ2v) is 7.57. The highest BCUT2D eigenvalue weighted by molar-refractivity contribution is 5.86. The van der Waals surface area contributed by atoms with Gasteiger partial charge in [0.1, 0.15) is 5.75 Å². The Labute approximate surface area is 163 Å². The lowest BCUT2D eigenvalue weighted by Crippen LogP contribution is -2.46. The van der Waals surface area contributed by atoms with Crippen molar-refractivity contribution in [1.82, 2.24) is 15.5 Å². The van der Waals surface area contributed by atoms with Crippen LogP contribution in [0, 0.1) is 5.41 Å². The fourth-order valence-electron chi connectivity index (χ4n) is 3.44. The number of nitrogens with zero attached hydrogens (tertiary/aromatic N) is 2. The molecule has 6 nitrogen and oxygen atoms in total. The zero-order valence-electron chi connectivity index (χ0n) is 17.2. The molecule has 1 amide bonds. The van der Waals surface area contributed by atoms with Crippen LogP contribution in [-0.4, -0.2) is 51.1 Å². The molecule has 0 bridgehead atoms. The van der Waals surface area contributed by atoms with Crippen molar-refractivity contribution in [3.8, 4) is 5.75 Å². The Morgan fingerprint density at radius 1 is 1.19 bits per heavy atom. The molecule has 27 heavy (non-hydrogen) atoms. The number of likely N-dealkylation sites (N-methyl/N-ethyl adjacent to an activating group) is 1. The summed E-state index contributed by atoms with van der Waals surface area (Å²) in [5.41, 5.74) is 1.45. The molecule has 1 aromatic rings. The average molecular weight is 375 g/mol. The topological polar surface area (TPSA) is 66.0 Å². The van der Waals surface area contributed by atoms with E-state index in [0.717, 1.165) is 17.9 Å². The molecule has 0 atom stereocenters. The lowest BCUT2D eigenvalue weighted by atomic mass is 9.83. The van der Waals surface area contributed by atoms with E-state index in [1.165, 1.54) is 32.1 Å². The molecule has 1 aromatic carbocycles. The van der Waals surface area contributed by atoms with Crippen molar-refractivity contribution in [2.45, 2.75) is 45.6 Å². The SMILES string of the molecule is CCC1(CNC(=NCc2ccc(OC)cc2)NCC(=O)N(C)C)CCCC1. The number of guanidine groups is 1. The van der Waals surface area contributed by atoms with Gasteiger partial charge in [-0.1, -0.05) is 31.9 Å². The summed E-state index contributed by atoms with van der Waals surface area (Å²) in [4.78, 5) is 18.2. The Morgan fingerprint density at radius 2 is 1.85 bits per heavy atom. The molecule has 6 heteroatoms. The minimum atomic E-state index is 0.0278. The fourth-order valence-corrected chi connectivity index (χ4v) is 3.44. The van der Waals surface area contributed by atoms with Gasteiger partial charge in [-0.25, -0.2) is 4.99 Å². The van der Waals surface area contributed by atoms with Crippen LogP contribution in [0.3, 0.4) is 0 Å². The summed E-state index contributed by atoms with van der Waals surface area (Å²) in [6.07, 6.45) is 6.31. The first kappa shape index (κ1) is 21.1. The lowest BCUT2D eigenvalue weighted by Gasteiger charge is -2.28. The van der Waals surface area contributed by atoms with Crippen LogP contribution >= 0.6 is 0 Å². The standard InChI is InChI=1S/C21H34N4O2/c1-5-21(12-6-7-13-21)16-24-20(23-15-19(26)25(2)3)22-14-17-8-10-18(27-4)11-9-17/h8-11H,5-7,12-16H2,1-4H3,(H2,22,23,24). The third-order valence-electron chi connectivity index (χ3n) is 5.53. The van der Waals surface area contributed by atoms with E-state index in [2.05, 4.69) is 22.5 Å². The molecule has 1 fully saturated rings. The van der Waals surface area contributed by atoms with Crippen LogP contribution in [0.25, 0.3) is 0 Å². The number of ether oxygens (including phenoxy) is 1. The zero-order valence-corrected chi connectivity index (χ0v) is 17.2. The summed E-state index contributed by atoms with van der Waals surface area (Å²) in [5, 5.41) is 6.67. The number of amides is 1. The van der Waals surface area contributed by atoms with E-state index in [-0.39, 0.29) is 12.5 Å². The molecular formula is C21H34N4O2. The predicted molar refractivity (Wildman–Crippen MR) is 110 cm³/mol. The van der Waals surface area contributed by atoms with Gasteiger partial charge in [-0.2, -0.15) is 0 Å². The van der Waals surface area contributed by atoms with Crippen molar-refractivity contribution >= 4 is 11.9 Å². The second-order valence-electron chi connectivity index (χ2n) is 7.57. The van der Waals surface area contributed by atoms with E-state index in [1.807, 2.05) is 24.3 Å². The number of benzene rings is 1. The van der Waals surface area contributed by atoms with Crippen LogP contribution < -0.4 is 15.4 Å². The predicted octanol–water partition coefficient (Wildman–Crippen LogP) is 2.79. The summed E-state index contributed by atoms with van der Waals surface area (Å²) >= 11 is 0. The van der Waals surface area contributed by atoms with E-state index in [0.29, 0.717) is 17.9 Å². The van der Waals surface area contributed by atoms with Crippen LogP contribution in [0.1, 0.15) is 44.6 Å². The van der Waals surface area contributed by atoms with Gasteiger partial charge >= 0.3 is 0 Å². The normalized spacial score (nSPS) is 16.1. The summed E-state index contributed by atoms with van der Waals surface area (Å²) in [6, 6.07) is 7.89. The number of hydrogen-bond donors (Lipinski definition) is 2. The van der Waals surface area contributed by atoms with Crippen molar-refractivity contribution in [3.05, 3.63) is 29.8 Å². The van der Waals surface area contributed by atoms with E-state index >= 15 is 0 Å². The molecule has 1 aliphatic rings. The van der Waals surface area contributed by atoms with E-state index in [4.69, 9.17) is 4.74 Å². The molecule has 0 saturated heterocycles. The molecule has 2 rings (SSSR count). The second kappa shape index (κ2) is 10.2. The Morgan fingerprint density at radius 3 is 2.41 bits per heavy atom. The largest absolute Gasteiger partial charge is 0.497 e. The number of carbonyl (C=O) groups excluding carboxylic acids is 1. The maximum absolute atomic E-state index is 11.9. The first-order chi connectivity index (χ1) is 13.0. The van der Waals surface area contributed by atoms with Gasteiger partial charge in [0, 0.05) is 20.6 Å². The zero-order chi connectivity index (χ0) is 19.7. The highest BCUT2D eigenvalue weighted by atomic mass is 16.5. The van der Waals surface area contributed by atoms with Crippen molar-refractivity contribution < 1.29 is 9.53 Å². The monoisotopic (exact) mass is 374 g/mol. The van der Waals surface area contributed by atoms with Crippen LogP contribution in [0.2, 0.25) is 0 Å². The van der Waals surface area contributed by atoms with E-state index in [9.17, 15) is 4.79 Å². The van der Waals surface area contributed by atoms with Crippen LogP contribution in [0.4, 0.5) is 0 Å². The van der Waals surface area contributed by atoms with Crippen molar-refractivity contribution in [1.29, 1.82) is 0 Å². The van der Waals surface area contributed by atoms with Gasteiger partial charge in [-0.3, -0.25) is 4.79 Å². The molecule has 2 N–H and O–H groups in total. The minimum Gasteiger partial charge on any atom is -0.497 e. The molecule has 0 unspecified atom stereocenters. The number of methoxy groups -OCH3 is 1. The van der Waals surface area contributed by atoms with Crippen LogP contribution in [0.15, 0.2) is 29.3 Å². The number of aliphatic imine (C=N–C) groups is 1. The third-order valence-corrected chi connectivity index (χ3v) is 5.53. The quantitative estimate of drug-likeness (QED) is 0.542. The highest BCUT2D eigenvalue weighted by Crippen LogP contribution is 2.40. The van der Waals surface area contributed by atoms with Crippen molar-refractivity contribution in [2.24, 2.45) is 10.4 Å². The molecule has 0 aromatic heterocycles. The highest BCUT2D eigenvalue weighted by Gasteiger charge is 2.31. The molecule has 0 heterocycles. The molecule has 0 spiro atoms. The summed E-state index contributed by atoms with van der Waals surface area (Å²) in [7, 11) is 5.18. The van der Waals surface area contributed by atoms with Crippen LogP contribution in [0.5, 0.6) is 5.75 Å². The van der Waals surface area contributed by atoms with Crippen LogP contribution in [-0.2, 0) is 11.3 Å². The number of hydrogen-bond acceptors (Lipinski definition) is 3. The van der Waals surface area contributed by atoms with E-state index < -0.39 is 0 Å². The smallest absolute Gasteiger partial charge is 0.241 e. The van der Waals surface area contributed by atoms with E-state index in [1.54, 1.807) is 26.1 Å². The Balaban J connectivity index is 2.01. The molecule has 0 radical (unpaired) electrons. The Kier molecular flexibility index (Phi) is 7.95. The first-order valence-corrected chi connectivity index (χ1v) is 9.83. The molecule has 150 valence electrons. The van der Waals surface area contributed by atoms with Gasteiger partial charge in [0.05, 0.1) is 20.2 Å². The number of nitrogens with one attached hydrogen (secondary N) is 2. The summed E-state index contributed by atoms with van der Waals surface area (Å²) in [5.74, 6) is 1.56. The Bertz CT molecular complexity index is 620. The average Bonchev–Trinajstić information content (AvgIpc) is 3.17. The molecule has 1 saturated carbocycles. The fraction of sp³-hybridized carbons (Fsp3) is 0.619. The maximum Gasteiger partial charge on any atom is 0.241 e. The van der Waals surface area contributed by atoms with Gasteiger partial charge in [-0.15, -0.1) is 0 Å². The Hall–Kier alpha value is -2.24. The minimum absolute atomic E-state index is 0.0278. The number of rotatable bonds is 8. The maximum atomic E-state index is 11.9. The summed E-state index contributed by atoms with van der Waals surface area (Å²) < 4.78 is 5.20. The van der Waals surface area contributed by atoms with Gasteiger partial charge < -0.3 is 20.3 Å². The van der Waals surface area contributed by atoms with Gasteiger partial charge in [0.25, 0.3) is 0 Å². The van der Waals surface area contributed by atoms with Crippen molar-refractivity contribution in [3.63, 3.8) is 0 Å². The molecule has 0 aliphatic heterocycles. The molecule has 1 aliphatic carbocycles. The first-order valence-electron chi connectivity index (χ1n) is 9.83. The summed E-state index contributed by atoms with van der Waals surface area (Å²) in [6.45, 7) is 3.95. The number of carbonyl (C=O) groups is 1. The third kappa shape index (κ3) is 6.45. The van der Waals surface area contributed by atoms with Gasteiger partial charge in [-0.05, 0) is 42.4 Å². The van der Waals surface area contributed by atoms with Gasteiger partial charge in [0.15, 0.2) is 5.96 Å². The van der Waals surface area contributed by atoms with Gasteiger partial charge in [0.2, 0.25) is 5.91 Å². The lowest BCUT2D eigenvalue weighted by molar-refractivity contribution is -0.127. The van der Waals surface area contributed by atoms with Crippen molar-refractivity contribution in [2.75, 3.05) is 34.3 Å². The molecular weight excluding hydrogens is 340 g/mol.